The third-order valence-corrected chi connectivity index (χ3v) is 6.73. The number of aryl methyl sites for hydroxylation is 1. The Bertz CT molecular complexity index is 862. The molecular weight excluding hydrogens is 400 g/mol. The first-order chi connectivity index (χ1) is 14.4. The van der Waals surface area contributed by atoms with Crippen LogP contribution < -0.4 is 9.47 Å². The number of hydrogen-bond donors (Lipinski definition) is 0. The van der Waals surface area contributed by atoms with Gasteiger partial charge in [-0.2, -0.15) is 0 Å². The van der Waals surface area contributed by atoms with E-state index in [1.165, 1.54) is 11.3 Å². The molecule has 30 heavy (non-hydrogen) atoms. The fourth-order valence-electron chi connectivity index (χ4n) is 3.57. The molecule has 1 aromatic heterocycles. The van der Waals surface area contributed by atoms with E-state index in [1.807, 2.05) is 37.1 Å². The monoisotopic (exact) mass is 432 g/mol. The quantitative estimate of drug-likeness (QED) is 0.639. The lowest BCUT2D eigenvalue weighted by molar-refractivity contribution is 0.0787. The number of carbonyl (C=O) groups excluding carboxylic acids is 1. The maximum Gasteiger partial charge on any atom is 0.265 e. The molecule has 1 aromatic carbocycles. The van der Waals surface area contributed by atoms with Gasteiger partial charge in [-0.15, -0.1) is 11.3 Å². The van der Waals surface area contributed by atoms with Gasteiger partial charge in [0.25, 0.3) is 5.91 Å². The van der Waals surface area contributed by atoms with Crippen LogP contribution in [0.15, 0.2) is 18.2 Å². The molecule has 3 rings (SSSR count). The van der Waals surface area contributed by atoms with Crippen molar-refractivity contribution >= 4 is 17.2 Å². The lowest BCUT2D eigenvalue weighted by atomic mass is 10.2. The van der Waals surface area contributed by atoms with Gasteiger partial charge in [0.1, 0.15) is 9.88 Å². The number of rotatable bonds is 8. The minimum absolute atomic E-state index is 0.0371. The Morgan fingerprint density at radius 2 is 1.87 bits per heavy atom. The Morgan fingerprint density at radius 3 is 2.53 bits per heavy atom. The van der Waals surface area contributed by atoms with Gasteiger partial charge in [0.15, 0.2) is 11.5 Å². The van der Waals surface area contributed by atoms with Crippen LogP contribution in [-0.2, 0) is 0 Å². The molecule has 0 saturated carbocycles. The van der Waals surface area contributed by atoms with Crippen molar-refractivity contribution in [3.63, 3.8) is 0 Å². The molecule has 1 amide bonds. The van der Waals surface area contributed by atoms with Crippen molar-refractivity contribution in [2.24, 2.45) is 0 Å². The highest BCUT2D eigenvalue weighted by atomic mass is 32.1. The maximum absolute atomic E-state index is 13.0. The zero-order chi connectivity index (χ0) is 21.7. The topological polar surface area (TPSA) is 58.1 Å². The zero-order valence-corrected chi connectivity index (χ0v) is 19.4. The number of nitrogens with zero attached hydrogens (tertiary/aromatic N) is 4. The van der Waals surface area contributed by atoms with Gasteiger partial charge in [0.05, 0.1) is 19.9 Å². The summed E-state index contributed by atoms with van der Waals surface area (Å²) in [6.07, 6.45) is 0.979. The SMILES string of the molecule is COc1ccc(-c2nc(C)c(C(=O)N(C)CCCN3CCN(C)CC3)s2)cc1OC. The van der Waals surface area contributed by atoms with Crippen molar-refractivity contribution in [1.29, 1.82) is 0 Å². The number of ether oxygens (including phenoxy) is 2. The van der Waals surface area contributed by atoms with Gasteiger partial charge >= 0.3 is 0 Å². The van der Waals surface area contributed by atoms with E-state index in [0.717, 1.165) is 62.0 Å². The van der Waals surface area contributed by atoms with Crippen molar-refractivity contribution in [1.82, 2.24) is 19.7 Å². The average Bonchev–Trinajstić information content (AvgIpc) is 3.15. The van der Waals surface area contributed by atoms with Crippen LogP contribution in [0.1, 0.15) is 21.8 Å². The Hall–Kier alpha value is -2.16. The molecule has 0 spiro atoms. The van der Waals surface area contributed by atoms with Crippen LogP contribution in [0.25, 0.3) is 10.6 Å². The highest BCUT2D eigenvalue weighted by Crippen LogP contribution is 2.35. The molecule has 1 aliphatic rings. The van der Waals surface area contributed by atoms with E-state index < -0.39 is 0 Å². The van der Waals surface area contributed by atoms with E-state index >= 15 is 0 Å². The summed E-state index contributed by atoms with van der Waals surface area (Å²) in [5, 5.41) is 0.808. The molecule has 2 aromatic rings. The average molecular weight is 433 g/mol. The lowest BCUT2D eigenvalue weighted by Crippen LogP contribution is -2.45. The fraction of sp³-hybridized carbons (Fsp3) is 0.545. The molecule has 8 heteroatoms. The summed E-state index contributed by atoms with van der Waals surface area (Å²) in [4.78, 5) is 25.0. The number of methoxy groups -OCH3 is 2. The van der Waals surface area contributed by atoms with Crippen molar-refractivity contribution in [2.75, 3.05) is 67.6 Å². The van der Waals surface area contributed by atoms with E-state index in [4.69, 9.17) is 9.47 Å². The van der Waals surface area contributed by atoms with Gasteiger partial charge in [-0.25, -0.2) is 4.98 Å². The summed E-state index contributed by atoms with van der Waals surface area (Å²) in [5.41, 5.74) is 1.68. The standard InChI is InChI=1S/C22H32N4O3S/c1-16-20(22(27)25(3)9-6-10-26-13-11-24(2)12-14-26)30-21(23-16)17-7-8-18(28-4)19(15-17)29-5/h7-8,15H,6,9-14H2,1-5H3. The summed E-state index contributed by atoms with van der Waals surface area (Å²) in [6, 6.07) is 5.69. The van der Waals surface area contributed by atoms with Gasteiger partial charge < -0.3 is 24.2 Å². The molecule has 0 aliphatic carbocycles. The van der Waals surface area contributed by atoms with Crippen LogP contribution in [0.5, 0.6) is 11.5 Å². The van der Waals surface area contributed by atoms with Crippen molar-refractivity contribution in [3.05, 3.63) is 28.8 Å². The largest absolute Gasteiger partial charge is 0.493 e. The number of aromatic nitrogens is 1. The van der Waals surface area contributed by atoms with Gasteiger partial charge in [-0.3, -0.25) is 4.79 Å². The first kappa shape index (κ1) is 22.5. The number of carbonyl (C=O) groups is 1. The summed E-state index contributed by atoms with van der Waals surface area (Å²) in [6.45, 7) is 8.12. The predicted octanol–water partition coefficient (Wildman–Crippen LogP) is 2.85. The molecule has 2 heterocycles. The number of piperazine rings is 1. The normalized spacial score (nSPS) is 15.2. The molecule has 1 aliphatic heterocycles. The molecule has 1 saturated heterocycles. The first-order valence-electron chi connectivity index (χ1n) is 10.3. The molecular formula is C22H32N4O3S. The van der Waals surface area contributed by atoms with Gasteiger partial charge in [0.2, 0.25) is 0 Å². The van der Waals surface area contributed by atoms with Crippen LogP contribution in [0.3, 0.4) is 0 Å². The van der Waals surface area contributed by atoms with E-state index in [0.29, 0.717) is 16.4 Å². The van der Waals surface area contributed by atoms with Crippen LogP contribution in [0.2, 0.25) is 0 Å². The van der Waals surface area contributed by atoms with Crippen LogP contribution in [-0.4, -0.2) is 93.2 Å². The highest BCUT2D eigenvalue weighted by Gasteiger charge is 2.21. The minimum atomic E-state index is 0.0371. The van der Waals surface area contributed by atoms with Crippen LogP contribution in [0.4, 0.5) is 0 Å². The van der Waals surface area contributed by atoms with Crippen molar-refractivity contribution in [2.45, 2.75) is 13.3 Å². The molecule has 7 nitrogen and oxygen atoms in total. The van der Waals surface area contributed by atoms with E-state index in [9.17, 15) is 4.79 Å². The summed E-state index contributed by atoms with van der Waals surface area (Å²) < 4.78 is 10.7. The fourth-order valence-corrected chi connectivity index (χ4v) is 4.62. The van der Waals surface area contributed by atoms with Gasteiger partial charge in [0, 0.05) is 45.3 Å². The first-order valence-corrected chi connectivity index (χ1v) is 11.1. The minimum Gasteiger partial charge on any atom is -0.493 e. The summed E-state index contributed by atoms with van der Waals surface area (Å²) >= 11 is 1.43. The molecule has 164 valence electrons. The third kappa shape index (κ3) is 5.30. The van der Waals surface area contributed by atoms with E-state index in [2.05, 4.69) is 21.8 Å². The number of hydrogen-bond acceptors (Lipinski definition) is 7. The highest BCUT2D eigenvalue weighted by molar-refractivity contribution is 7.17. The molecule has 0 radical (unpaired) electrons. The molecule has 1 fully saturated rings. The lowest BCUT2D eigenvalue weighted by Gasteiger charge is -2.32. The van der Waals surface area contributed by atoms with Gasteiger partial charge in [-0.1, -0.05) is 0 Å². The number of amides is 1. The Balaban J connectivity index is 1.62. The molecule has 0 N–H and O–H groups in total. The Kier molecular flexibility index (Phi) is 7.69. The van der Waals surface area contributed by atoms with Crippen molar-refractivity contribution < 1.29 is 14.3 Å². The molecule has 0 atom stereocenters. The van der Waals surface area contributed by atoms with E-state index in [-0.39, 0.29) is 5.91 Å². The summed E-state index contributed by atoms with van der Waals surface area (Å²) in [5.74, 6) is 1.36. The van der Waals surface area contributed by atoms with Crippen molar-refractivity contribution in [3.8, 4) is 22.1 Å². The number of benzene rings is 1. The predicted molar refractivity (Wildman–Crippen MR) is 121 cm³/mol. The van der Waals surface area contributed by atoms with Crippen LogP contribution in [0, 0.1) is 6.92 Å². The second-order valence-corrected chi connectivity index (χ2v) is 8.73. The second kappa shape index (κ2) is 10.2. The Morgan fingerprint density at radius 1 is 1.17 bits per heavy atom. The molecule has 0 bridgehead atoms. The third-order valence-electron chi connectivity index (χ3n) is 5.53. The summed E-state index contributed by atoms with van der Waals surface area (Å²) in [7, 11) is 7.27. The zero-order valence-electron chi connectivity index (χ0n) is 18.6. The second-order valence-electron chi connectivity index (χ2n) is 7.73. The number of likely N-dealkylation sites (N-methyl/N-ethyl adjacent to an activating group) is 1. The smallest absolute Gasteiger partial charge is 0.265 e. The maximum atomic E-state index is 13.0. The van der Waals surface area contributed by atoms with Gasteiger partial charge in [-0.05, 0) is 45.1 Å². The van der Waals surface area contributed by atoms with Crippen LogP contribution >= 0.6 is 11.3 Å². The van der Waals surface area contributed by atoms with E-state index in [1.54, 1.807) is 14.2 Å². The Labute approximate surface area is 183 Å². The number of thiazole rings is 1. The molecule has 0 unspecified atom stereocenters.